The van der Waals surface area contributed by atoms with Crippen molar-refractivity contribution in [3.05, 3.63) is 48.0 Å². The fourth-order valence-electron chi connectivity index (χ4n) is 2.83. The van der Waals surface area contributed by atoms with Crippen molar-refractivity contribution in [3.8, 4) is 0 Å². The zero-order chi connectivity index (χ0) is 20.3. The van der Waals surface area contributed by atoms with Gasteiger partial charge in [0.25, 0.3) is 0 Å². The molecular formula is C20H22N2O4S2. The van der Waals surface area contributed by atoms with E-state index in [1.54, 1.807) is 18.2 Å². The topological polar surface area (TPSA) is 92.3 Å². The molecule has 6 nitrogen and oxygen atoms in total. The highest BCUT2D eigenvalue weighted by atomic mass is 32.2. The summed E-state index contributed by atoms with van der Waals surface area (Å²) >= 11 is 1.51. The first-order chi connectivity index (χ1) is 13.3. The molecule has 3 rings (SSSR count). The minimum Gasteiger partial charge on any atom is -0.326 e. The van der Waals surface area contributed by atoms with Crippen LogP contribution in [0, 0.1) is 6.92 Å². The summed E-state index contributed by atoms with van der Waals surface area (Å²) in [6.45, 7) is 3.46. The van der Waals surface area contributed by atoms with Crippen LogP contribution in [-0.4, -0.2) is 31.2 Å². The standard InChI is InChI=1S/C20H22N2O4S2/c1-13-3-5-15(6-4-13)21-20(24)11-14(2)28(25,26)16-7-8-18-17(12-16)22-19(23)9-10-27-18/h3-8,12,14H,9-11H2,1-2H3,(H,21,24)(H,22,23)/t14-/m1/s1. The lowest BCUT2D eigenvalue weighted by Crippen LogP contribution is -2.25. The lowest BCUT2D eigenvalue weighted by Gasteiger charge is -2.15. The quantitative estimate of drug-likeness (QED) is 0.774. The van der Waals surface area contributed by atoms with E-state index in [1.165, 1.54) is 30.8 Å². The average Bonchev–Trinajstić information content (AvgIpc) is 2.83. The Balaban J connectivity index is 1.73. The fraction of sp³-hybridized carbons (Fsp3) is 0.300. The summed E-state index contributed by atoms with van der Waals surface area (Å²) in [5, 5.41) is 4.57. The lowest BCUT2D eigenvalue weighted by atomic mass is 10.2. The highest BCUT2D eigenvalue weighted by Crippen LogP contribution is 2.33. The summed E-state index contributed by atoms with van der Waals surface area (Å²) in [6.07, 6.45) is 0.228. The maximum Gasteiger partial charge on any atom is 0.225 e. The van der Waals surface area contributed by atoms with E-state index in [0.29, 0.717) is 23.5 Å². The van der Waals surface area contributed by atoms with Crippen LogP contribution < -0.4 is 10.6 Å². The molecule has 0 saturated carbocycles. The van der Waals surface area contributed by atoms with Crippen LogP contribution in [-0.2, 0) is 19.4 Å². The molecule has 1 aliphatic rings. The number of benzene rings is 2. The van der Waals surface area contributed by atoms with Gasteiger partial charge in [0.05, 0.1) is 15.8 Å². The van der Waals surface area contributed by atoms with Crippen LogP contribution in [0.15, 0.2) is 52.3 Å². The molecule has 1 atom stereocenters. The molecule has 0 unspecified atom stereocenters. The van der Waals surface area contributed by atoms with Crippen molar-refractivity contribution in [3.63, 3.8) is 0 Å². The van der Waals surface area contributed by atoms with E-state index in [9.17, 15) is 18.0 Å². The van der Waals surface area contributed by atoms with Crippen molar-refractivity contribution in [2.45, 2.75) is 41.7 Å². The number of carbonyl (C=O) groups is 2. The normalized spacial score (nSPS) is 15.1. The lowest BCUT2D eigenvalue weighted by molar-refractivity contribution is -0.116. The third kappa shape index (κ3) is 4.74. The zero-order valence-electron chi connectivity index (χ0n) is 15.7. The molecule has 2 aromatic rings. The van der Waals surface area contributed by atoms with Gasteiger partial charge in [0.2, 0.25) is 11.8 Å². The largest absolute Gasteiger partial charge is 0.326 e. The summed E-state index contributed by atoms with van der Waals surface area (Å²) in [5.41, 5.74) is 2.21. The molecule has 148 valence electrons. The second-order valence-electron chi connectivity index (χ2n) is 6.78. The number of hydrogen-bond acceptors (Lipinski definition) is 5. The molecule has 0 radical (unpaired) electrons. The zero-order valence-corrected chi connectivity index (χ0v) is 17.3. The van der Waals surface area contributed by atoms with Gasteiger partial charge in [-0.1, -0.05) is 17.7 Å². The summed E-state index contributed by atoms with van der Waals surface area (Å²) in [6, 6.07) is 12.0. The van der Waals surface area contributed by atoms with E-state index in [0.717, 1.165) is 10.5 Å². The number of sulfone groups is 1. The number of hydrogen-bond donors (Lipinski definition) is 2. The third-order valence-electron chi connectivity index (χ3n) is 4.48. The molecule has 0 fully saturated rings. The van der Waals surface area contributed by atoms with Crippen LogP contribution in [0.1, 0.15) is 25.3 Å². The molecule has 8 heteroatoms. The number of fused-ring (bicyclic) bond motifs is 1. The van der Waals surface area contributed by atoms with Crippen molar-refractivity contribution in [1.82, 2.24) is 0 Å². The van der Waals surface area contributed by atoms with Gasteiger partial charge in [-0.15, -0.1) is 11.8 Å². The monoisotopic (exact) mass is 418 g/mol. The third-order valence-corrected chi connectivity index (χ3v) is 7.69. The number of anilines is 2. The molecule has 0 bridgehead atoms. The predicted octanol–water partition coefficient (Wildman–Crippen LogP) is 3.62. The maximum atomic E-state index is 12.9. The second kappa shape index (κ2) is 8.36. The second-order valence-corrected chi connectivity index (χ2v) is 10.3. The van der Waals surface area contributed by atoms with Crippen molar-refractivity contribution < 1.29 is 18.0 Å². The summed E-state index contributed by atoms with van der Waals surface area (Å²) in [5.74, 6) is 0.158. The number of amides is 2. The minimum absolute atomic E-state index is 0.102. The maximum absolute atomic E-state index is 12.9. The van der Waals surface area contributed by atoms with Crippen molar-refractivity contribution >= 4 is 44.8 Å². The molecule has 28 heavy (non-hydrogen) atoms. The Labute approximate surface area is 169 Å². The Morgan fingerprint density at radius 3 is 2.64 bits per heavy atom. The van der Waals surface area contributed by atoms with E-state index in [4.69, 9.17) is 0 Å². The summed E-state index contributed by atoms with van der Waals surface area (Å²) < 4.78 is 25.8. The number of aryl methyl sites for hydroxylation is 1. The molecule has 1 heterocycles. The van der Waals surface area contributed by atoms with Gasteiger partial charge < -0.3 is 10.6 Å². The van der Waals surface area contributed by atoms with Gasteiger partial charge in [-0.3, -0.25) is 9.59 Å². The molecule has 2 aromatic carbocycles. The van der Waals surface area contributed by atoms with Crippen LogP contribution in [0.5, 0.6) is 0 Å². The van der Waals surface area contributed by atoms with Gasteiger partial charge in [0, 0.05) is 29.2 Å². The van der Waals surface area contributed by atoms with E-state index < -0.39 is 15.1 Å². The molecule has 2 amide bonds. The smallest absolute Gasteiger partial charge is 0.225 e. The Bertz CT molecular complexity index is 1000. The first-order valence-electron chi connectivity index (χ1n) is 8.93. The Hall–Kier alpha value is -2.32. The molecule has 0 spiro atoms. The van der Waals surface area contributed by atoms with E-state index in [2.05, 4.69) is 10.6 Å². The van der Waals surface area contributed by atoms with Crippen molar-refractivity contribution in [2.75, 3.05) is 16.4 Å². The van der Waals surface area contributed by atoms with Crippen LogP contribution in [0.3, 0.4) is 0 Å². The highest BCUT2D eigenvalue weighted by molar-refractivity contribution is 7.99. The molecule has 2 N–H and O–H groups in total. The molecule has 0 saturated heterocycles. The first-order valence-corrected chi connectivity index (χ1v) is 11.5. The number of thioether (sulfide) groups is 1. The predicted molar refractivity (Wildman–Crippen MR) is 111 cm³/mol. The van der Waals surface area contributed by atoms with E-state index in [-0.39, 0.29) is 23.1 Å². The molecule has 1 aliphatic heterocycles. The van der Waals surface area contributed by atoms with E-state index >= 15 is 0 Å². The van der Waals surface area contributed by atoms with Gasteiger partial charge >= 0.3 is 0 Å². The Morgan fingerprint density at radius 1 is 1.21 bits per heavy atom. The summed E-state index contributed by atoms with van der Waals surface area (Å²) in [4.78, 5) is 25.0. The number of nitrogens with one attached hydrogen (secondary N) is 2. The Morgan fingerprint density at radius 2 is 1.93 bits per heavy atom. The number of carbonyl (C=O) groups excluding carboxylic acids is 2. The SMILES string of the molecule is Cc1ccc(NC(=O)C[C@@H](C)S(=O)(=O)c2ccc3c(c2)NC(=O)CCS3)cc1. The Kier molecular flexibility index (Phi) is 6.10. The van der Waals surface area contributed by atoms with E-state index in [1.807, 2.05) is 19.1 Å². The fourth-order valence-corrected chi connectivity index (χ4v) is 5.14. The molecule has 0 aromatic heterocycles. The van der Waals surface area contributed by atoms with Gasteiger partial charge in [0.1, 0.15) is 0 Å². The first kappa shape index (κ1) is 20.4. The van der Waals surface area contributed by atoms with Crippen LogP contribution >= 0.6 is 11.8 Å². The van der Waals surface area contributed by atoms with Gasteiger partial charge in [-0.05, 0) is 44.2 Å². The van der Waals surface area contributed by atoms with Gasteiger partial charge in [-0.25, -0.2) is 8.42 Å². The van der Waals surface area contributed by atoms with Crippen LogP contribution in [0.2, 0.25) is 0 Å². The highest BCUT2D eigenvalue weighted by Gasteiger charge is 2.27. The van der Waals surface area contributed by atoms with Gasteiger partial charge in [0.15, 0.2) is 9.84 Å². The van der Waals surface area contributed by atoms with Crippen LogP contribution in [0.25, 0.3) is 0 Å². The van der Waals surface area contributed by atoms with Crippen molar-refractivity contribution in [2.24, 2.45) is 0 Å². The molecular weight excluding hydrogens is 396 g/mol. The number of rotatable bonds is 5. The van der Waals surface area contributed by atoms with Gasteiger partial charge in [-0.2, -0.15) is 0 Å². The van der Waals surface area contributed by atoms with Crippen molar-refractivity contribution in [1.29, 1.82) is 0 Å². The molecule has 0 aliphatic carbocycles. The summed E-state index contributed by atoms with van der Waals surface area (Å²) in [7, 11) is -3.72. The average molecular weight is 419 g/mol. The van der Waals surface area contributed by atoms with Crippen LogP contribution in [0.4, 0.5) is 11.4 Å². The minimum atomic E-state index is -3.72.